The van der Waals surface area contributed by atoms with Crippen LogP contribution in [0.2, 0.25) is 0 Å². The van der Waals surface area contributed by atoms with Crippen LogP contribution < -0.4 is 16.2 Å². The van der Waals surface area contributed by atoms with Gasteiger partial charge < -0.3 is 5.32 Å². The van der Waals surface area contributed by atoms with Gasteiger partial charge in [-0.3, -0.25) is 10.2 Å². The Labute approximate surface area is 132 Å². The Kier molecular flexibility index (Phi) is 4.52. The molecular weight excluding hydrogens is 301 g/mol. The lowest BCUT2D eigenvalue weighted by Gasteiger charge is -2.20. The largest absolute Gasteiger partial charge is 0.349 e. The molecule has 2 heterocycles. The van der Waals surface area contributed by atoms with E-state index in [0.29, 0.717) is 6.54 Å². The van der Waals surface area contributed by atoms with E-state index in [1.807, 2.05) is 24.4 Å². The maximum absolute atomic E-state index is 13.0. The molecule has 0 saturated carbocycles. The van der Waals surface area contributed by atoms with E-state index in [1.165, 1.54) is 12.1 Å². The van der Waals surface area contributed by atoms with Crippen LogP contribution in [0.1, 0.15) is 29.4 Å². The predicted molar refractivity (Wildman–Crippen MR) is 84.6 cm³/mol. The number of nitrogens with one attached hydrogen (secondary N) is 3. The molecule has 22 heavy (non-hydrogen) atoms. The van der Waals surface area contributed by atoms with Crippen LogP contribution in [0.15, 0.2) is 41.8 Å². The van der Waals surface area contributed by atoms with Crippen LogP contribution in [0.3, 0.4) is 0 Å². The summed E-state index contributed by atoms with van der Waals surface area (Å²) in [6.45, 7) is 2.49. The van der Waals surface area contributed by atoms with E-state index in [9.17, 15) is 9.18 Å². The summed E-state index contributed by atoms with van der Waals surface area (Å²) < 4.78 is 13.0. The molecule has 0 spiro atoms. The highest BCUT2D eigenvalue weighted by molar-refractivity contribution is 7.10. The number of carbonyl (C=O) groups is 1. The van der Waals surface area contributed by atoms with Crippen LogP contribution >= 0.6 is 11.3 Å². The van der Waals surface area contributed by atoms with Gasteiger partial charge in [0.25, 0.3) is 0 Å². The summed E-state index contributed by atoms with van der Waals surface area (Å²) in [6.07, 6.45) is 0. The molecule has 1 aromatic carbocycles. The van der Waals surface area contributed by atoms with Crippen molar-refractivity contribution >= 4 is 17.2 Å². The fraction of sp³-hybridized carbons (Fsp3) is 0.312. The molecule has 3 rings (SSSR count). The van der Waals surface area contributed by atoms with E-state index in [0.717, 1.165) is 10.4 Å². The van der Waals surface area contributed by atoms with Gasteiger partial charge in [0.15, 0.2) is 0 Å². The molecule has 3 N–H and O–H groups in total. The lowest BCUT2D eigenvalue weighted by atomic mass is 9.98. The van der Waals surface area contributed by atoms with Gasteiger partial charge in [0, 0.05) is 11.4 Å². The van der Waals surface area contributed by atoms with Gasteiger partial charge in [-0.25, -0.2) is 9.82 Å². The highest BCUT2D eigenvalue weighted by Crippen LogP contribution is 2.29. The lowest BCUT2D eigenvalue weighted by molar-refractivity contribution is -0.125. The van der Waals surface area contributed by atoms with E-state index in [1.54, 1.807) is 23.5 Å². The van der Waals surface area contributed by atoms with Crippen molar-refractivity contribution in [2.75, 3.05) is 6.54 Å². The number of rotatable bonds is 4. The van der Waals surface area contributed by atoms with Crippen molar-refractivity contribution in [1.29, 1.82) is 0 Å². The second-order valence-corrected chi connectivity index (χ2v) is 6.39. The highest BCUT2D eigenvalue weighted by Gasteiger charge is 2.35. The van der Waals surface area contributed by atoms with Crippen molar-refractivity contribution in [2.24, 2.45) is 5.92 Å². The summed E-state index contributed by atoms with van der Waals surface area (Å²) >= 11 is 1.63. The van der Waals surface area contributed by atoms with Crippen LogP contribution in [-0.4, -0.2) is 12.5 Å². The molecule has 1 saturated heterocycles. The van der Waals surface area contributed by atoms with Gasteiger partial charge in [0.1, 0.15) is 5.82 Å². The first-order chi connectivity index (χ1) is 10.6. The van der Waals surface area contributed by atoms with Crippen LogP contribution in [-0.2, 0) is 4.79 Å². The second kappa shape index (κ2) is 6.56. The van der Waals surface area contributed by atoms with Gasteiger partial charge in [-0.1, -0.05) is 18.2 Å². The zero-order valence-corrected chi connectivity index (χ0v) is 13.0. The Balaban J connectivity index is 1.67. The van der Waals surface area contributed by atoms with E-state index >= 15 is 0 Å². The molecule has 2 aromatic rings. The zero-order chi connectivity index (χ0) is 15.5. The van der Waals surface area contributed by atoms with Crippen molar-refractivity contribution in [1.82, 2.24) is 16.2 Å². The molecule has 1 aliphatic heterocycles. The fourth-order valence-electron chi connectivity index (χ4n) is 2.63. The highest BCUT2D eigenvalue weighted by atomic mass is 32.1. The summed E-state index contributed by atoms with van der Waals surface area (Å²) in [6, 6.07) is 10.0. The topological polar surface area (TPSA) is 53.2 Å². The van der Waals surface area contributed by atoms with E-state index in [4.69, 9.17) is 0 Å². The zero-order valence-electron chi connectivity index (χ0n) is 12.2. The summed E-state index contributed by atoms with van der Waals surface area (Å²) in [5.41, 5.74) is 7.11. The van der Waals surface area contributed by atoms with E-state index in [-0.39, 0.29) is 29.7 Å². The van der Waals surface area contributed by atoms with Gasteiger partial charge in [-0.2, -0.15) is 0 Å². The average Bonchev–Trinajstić information content (AvgIpc) is 3.18. The van der Waals surface area contributed by atoms with Crippen molar-refractivity contribution < 1.29 is 9.18 Å². The Morgan fingerprint density at radius 3 is 2.82 bits per heavy atom. The molecule has 0 radical (unpaired) electrons. The minimum absolute atomic E-state index is 0.00674. The first-order valence-electron chi connectivity index (χ1n) is 7.23. The van der Waals surface area contributed by atoms with Crippen LogP contribution in [0.5, 0.6) is 0 Å². The smallest absolute Gasteiger partial charge is 0.226 e. The van der Waals surface area contributed by atoms with E-state index in [2.05, 4.69) is 16.2 Å². The quantitative estimate of drug-likeness (QED) is 0.812. The minimum atomic E-state index is -0.274. The van der Waals surface area contributed by atoms with Gasteiger partial charge in [0.05, 0.1) is 18.0 Å². The minimum Gasteiger partial charge on any atom is -0.349 e. The number of halogens is 1. The van der Waals surface area contributed by atoms with Gasteiger partial charge in [-0.05, 0) is 36.1 Å². The van der Waals surface area contributed by atoms with Crippen molar-refractivity contribution in [3.63, 3.8) is 0 Å². The third kappa shape index (κ3) is 3.19. The second-order valence-electron chi connectivity index (χ2n) is 5.41. The van der Waals surface area contributed by atoms with Gasteiger partial charge in [0.2, 0.25) is 5.91 Å². The lowest BCUT2D eigenvalue weighted by Crippen LogP contribution is -2.36. The third-order valence-corrected chi connectivity index (χ3v) is 4.85. The molecule has 1 amide bonds. The Bertz CT molecular complexity index is 629. The monoisotopic (exact) mass is 319 g/mol. The molecule has 1 fully saturated rings. The number of amides is 1. The van der Waals surface area contributed by atoms with Crippen LogP contribution in [0, 0.1) is 11.7 Å². The third-order valence-electron chi connectivity index (χ3n) is 3.90. The Hall–Kier alpha value is -1.76. The molecule has 3 unspecified atom stereocenters. The maximum Gasteiger partial charge on any atom is 0.226 e. The molecule has 1 aromatic heterocycles. The van der Waals surface area contributed by atoms with Crippen LogP contribution in [0.4, 0.5) is 4.39 Å². The average molecular weight is 319 g/mol. The summed E-state index contributed by atoms with van der Waals surface area (Å²) in [4.78, 5) is 13.7. The summed E-state index contributed by atoms with van der Waals surface area (Å²) in [7, 11) is 0. The first-order valence-corrected chi connectivity index (χ1v) is 8.11. The van der Waals surface area contributed by atoms with Crippen molar-refractivity contribution in [3.05, 3.63) is 58.0 Å². The number of benzene rings is 1. The number of hydrazine groups is 1. The number of thiophene rings is 1. The molecule has 0 aliphatic carbocycles. The molecule has 4 nitrogen and oxygen atoms in total. The van der Waals surface area contributed by atoms with E-state index < -0.39 is 0 Å². The SMILES string of the molecule is CC(NC(=O)C1CNNC1c1cccs1)c1ccc(F)cc1. The Morgan fingerprint density at radius 2 is 2.14 bits per heavy atom. The first kappa shape index (κ1) is 15.1. The normalized spacial score (nSPS) is 22.5. The van der Waals surface area contributed by atoms with Crippen LogP contribution in [0.25, 0.3) is 0 Å². The Morgan fingerprint density at radius 1 is 1.36 bits per heavy atom. The molecular formula is C16H18FN3OS. The summed E-state index contributed by atoms with van der Waals surface area (Å²) in [5.74, 6) is -0.446. The van der Waals surface area contributed by atoms with Crippen molar-refractivity contribution in [2.45, 2.75) is 19.0 Å². The fourth-order valence-corrected chi connectivity index (χ4v) is 3.48. The molecule has 0 bridgehead atoms. The number of hydrogen-bond donors (Lipinski definition) is 3. The summed E-state index contributed by atoms with van der Waals surface area (Å²) in [5, 5.41) is 5.02. The standard InChI is InChI=1S/C16H18FN3OS/c1-10(11-4-6-12(17)7-5-11)19-16(21)13-9-18-20-15(13)14-3-2-8-22-14/h2-8,10,13,15,18,20H,9H2,1H3,(H,19,21). The molecule has 6 heteroatoms. The molecule has 116 valence electrons. The number of carbonyl (C=O) groups excluding carboxylic acids is 1. The molecule has 3 atom stereocenters. The maximum atomic E-state index is 13.0. The van der Waals surface area contributed by atoms with Gasteiger partial charge in [-0.15, -0.1) is 11.3 Å². The van der Waals surface area contributed by atoms with Gasteiger partial charge >= 0.3 is 0 Å². The number of hydrogen-bond acceptors (Lipinski definition) is 4. The predicted octanol–water partition coefficient (Wildman–Crippen LogP) is 2.53. The van der Waals surface area contributed by atoms with Crippen molar-refractivity contribution in [3.8, 4) is 0 Å². The molecule has 1 aliphatic rings.